The Kier molecular flexibility index (Phi) is 3.51. The van der Waals surface area contributed by atoms with E-state index in [9.17, 15) is 4.79 Å². The van der Waals surface area contributed by atoms with E-state index in [-0.39, 0.29) is 11.8 Å². The summed E-state index contributed by atoms with van der Waals surface area (Å²) in [6, 6.07) is 7.69. The SMILES string of the molecule is Cc1cccc(OCC(C)C(N)=O)c1. The highest BCUT2D eigenvalue weighted by Crippen LogP contribution is 2.13. The van der Waals surface area contributed by atoms with Crippen molar-refractivity contribution in [3.05, 3.63) is 29.8 Å². The first kappa shape index (κ1) is 10.6. The molecule has 0 saturated carbocycles. The molecule has 3 nitrogen and oxygen atoms in total. The third-order valence-corrected chi connectivity index (χ3v) is 1.98. The maximum atomic E-state index is 10.7. The van der Waals surface area contributed by atoms with Crippen LogP contribution in [0.1, 0.15) is 12.5 Å². The monoisotopic (exact) mass is 193 g/mol. The molecular weight excluding hydrogens is 178 g/mol. The van der Waals surface area contributed by atoms with Gasteiger partial charge in [-0.2, -0.15) is 0 Å². The van der Waals surface area contributed by atoms with Crippen molar-refractivity contribution in [1.29, 1.82) is 0 Å². The number of primary amides is 1. The number of carbonyl (C=O) groups is 1. The van der Waals surface area contributed by atoms with Crippen molar-refractivity contribution < 1.29 is 9.53 Å². The van der Waals surface area contributed by atoms with E-state index in [4.69, 9.17) is 10.5 Å². The van der Waals surface area contributed by atoms with Gasteiger partial charge >= 0.3 is 0 Å². The molecular formula is C11H15NO2. The van der Waals surface area contributed by atoms with Crippen LogP contribution in [0.3, 0.4) is 0 Å². The normalized spacial score (nSPS) is 12.1. The molecule has 0 heterocycles. The second-order valence-electron chi connectivity index (χ2n) is 3.43. The zero-order valence-corrected chi connectivity index (χ0v) is 8.49. The summed E-state index contributed by atoms with van der Waals surface area (Å²) in [5.74, 6) is 0.186. The molecule has 1 rings (SSSR count). The molecule has 0 saturated heterocycles. The molecule has 2 N–H and O–H groups in total. The van der Waals surface area contributed by atoms with Crippen LogP contribution in [-0.4, -0.2) is 12.5 Å². The Balaban J connectivity index is 2.49. The van der Waals surface area contributed by atoms with Crippen LogP contribution in [0.25, 0.3) is 0 Å². The Morgan fingerprint density at radius 2 is 2.29 bits per heavy atom. The molecule has 1 amide bonds. The highest BCUT2D eigenvalue weighted by atomic mass is 16.5. The lowest BCUT2D eigenvalue weighted by atomic mass is 10.2. The Morgan fingerprint density at radius 3 is 2.86 bits per heavy atom. The first-order chi connectivity index (χ1) is 6.59. The van der Waals surface area contributed by atoms with Crippen LogP contribution < -0.4 is 10.5 Å². The van der Waals surface area contributed by atoms with Crippen LogP contribution in [0.15, 0.2) is 24.3 Å². The Labute approximate surface area is 83.9 Å². The van der Waals surface area contributed by atoms with Gasteiger partial charge in [-0.05, 0) is 24.6 Å². The molecule has 0 aliphatic heterocycles. The van der Waals surface area contributed by atoms with E-state index in [1.54, 1.807) is 6.92 Å². The summed E-state index contributed by atoms with van der Waals surface area (Å²) in [6.45, 7) is 4.07. The minimum atomic E-state index is -0.336. The summed E-state index contributed by atoms with van der Waals surface area (Å²) in [7, 11) is 0. The number of hydrogen-bond acceptors (Lipinski definition) is 2. The quantitative estimate of drug-likeness (QED) is 0.787. The van der Waals surface area contributed by atoms with Gasteiger partial charge in [0.05, 0.1) is 12.5 Å². The predicted molar refractivity (Wildman–Crippen MR) is 55.0 cm³/mol. The Hall–Kier alpha value is -1.51. The zero-order chi connectivity index (χ0) is 10.6. The van der Waals surface area contributed by atoms with Crippen molar-refractivity contribution in [2.24, 2.45) is 11.7 Å². The van der Waals surface area contributed by atoms with Crippen LogP contribution in [-0.2, 0) is 4.79 Å². The number of benzene rings is 1. The standard InChI is InChI=1S/C11H15NO2/c1-8-4-3-5-10(6-8)14-7-9(2)11(12)13/h3-6,9H,7H2,1-2H3,(H2,12,13). The maximum absolute atomic E-state index is 10.7. The number of hydrogen-bond donors (Lipinski definition) is 1. The first-order valence-corrected chi connectivity index (χ1v) is 4.58. The maximum Gasteiger partial charge on any atom is 0.223 e. The van der Waals surface area contributed by atoms with Crippen LogP contribution in [0, 0.1) is 12.8 Å². The van der Waals surface area contributed by atoms with Gasteiger partial charge in [-0.15, -0.1) is 0 Å². The molecule has 0 aliphatic carbocycles. The van der Waals surface area contributed by atoms with E-state index in [0.717, 1.165) is 11.3 Å². The molecule has 0 spiro atoms. The number of aryl methyl sites for hydroxylation is 1. The minimum Gasteiger partial charge on any atom is -0.493 e. The second kappa shape index (κ2) is 4.65. The van der Waals surface area contributed by atoms with Crippen molar-refractivity contribution >= 4 is 5.91 Å². The molecule has 1 atom stereocenters. The third-order valence-electron chi connectivity index (χ3n) is 1.98. The van der Waals surface area contributed by atoms with Crippen LogP contribution in [0.2, 0.25) is 0 Å². The van der Waals surface area contributed by atoms with E-state index >= 15 is 0 Å². The number of amides is 1. The van der Waals surface area contributed by atoms with Gasteiger partial charge in [-0.3, -0.25) is 4.79 Å². The van der Waals surface area contributed by atoms with Crippen molar-refractivity contribution in [3.63, 3.8) is 0 Å². The molecule has 1 aromatic carbocycles. The summed E-state index contributed by atoms with van der Waals surface area (Å²) in [5.41, 5.74) is 6.24. The summed E-state index contributed by atoms with van der Waals surface area (Å²) in [6.07, 6.45) is 0. The Bertz CT molecular complexity index is 323. The lowest BCUT2D eigenvalue weighted by Gasteiger charge is -2.09. The third kappa shape index (κ3) is 3.09. The van der Waals surface area contributed by atoms with Crippen molar-refractivity contribution in [1.82, 2.24) is 0 Å². The van der Waals surface area contributed by atoms with E-state index < -0.39 is 0 Å². The fourth-order valence-corrected chi connectivity index (χ4v) is 1.01. The van der Waals surface area contributed by atoms with Crippen molar-refractivity contribution in [2.45, 2.75) is 13.8 Å². The summed E-state index contributed by atoms with van der Waals surface area (Å²) < 4.78 is 5.41. The highest BCUT2D eigenvalue weighted by Gasteiger charge is 2.08. The molecule has 1 aromatic rings. The molecule has 1 unspecified atom stereocenters. The van der Waals surface area contributed by atoms with Gasteiger partial charge in [-0.25, -0.2) is 0 Å². The average Bonchev–Trinajstić information content (AvgIpc) is 2.14. The van der Waals surface area contributed by atoms with Crippen molar-refractivity contribution in [3.8, 4) is 5.75 Å². The van der Waals surface area contributed by atoms with E-state index in [1.165, 1.54) is 0 Å². The largest absolute Gasteiger partial charge is 0.493 e. The minimum absolute atomic E-state index is 0.254. The molecule has 0 bridgehead atoms. The fourth-order valence-electron chi connectivity index (χ4n) is 1.01. The molecule has 3 heteroatoms. The summed E-state index contributed by atoms with van der Waals surface area (Å²) in [5, 5.41) is 0. The van der Waals surface area contributed by atoms with Crippen LogP contribution in [0.4, 0.5) is 0 Å². The van der Waals surface area contributed by atoms with Gasteiger partial charge in [0.15, 0.2) is 0 Å². The number of carbonyl (C=O) groups excluding carboxylic acids is 1. The topological polar surface area (TPSA) is 52.3 Å². The van der Waals surface area contributed by atoms with Gasteiger partial charge in [-0.1, -0.05) is 19.1 Å². The van der Waals surface area contributed by atoms with Gasteiger partial charge in [0, 0.05) is 0 Å². The lowest BCUT2D eigenvalue weighted by Crippen LogP contribution is -2.25. The van der Waals surface area contributed by atoms with Gasteiger partial charge < -0.3 is 10.5 Å². The zero-order valence-electron chi connectivity index (χ0n) is 8.49. The molecule has 0 radical (unpaired) electrons. The van der Waals surface area contributed by atoms with Crippen molar-refractivity contribution in [2.75, 3.05) is 6.61 Å². The summed E-state index contributed by atoms with van der Waals surface area (Å²) >= 11 is 0. The van der Waals surface area contributed by atoms with Crippen LogP contribution in [0.5, 0.6) is 5.75 Å². The van der Waals surface area contributed by atoms with Gasteiger partial charge in [0.25, 0.3) is 0 Å². The van der Waals surface area contributed by atoms with E-state index in [1.807, 2.05) is 31.2 Å². The number of ether oxygens (including phenoxy) is 1. The number of nitrogens with two attached hydrogens (primary N) is 1. The van der Waals surface area contributed by atoms with Gasteiger partial charge in [0.2, 0.25) is 5.91 Å². The lowest BCUT2D eigenvalue weighted by molar-refractivity contribution is -0.122. The molecule has 14 heavy (non-hydrogen) atoms. The first-order valence-electron chi connectivity index (χ1n) is 4.58. The highest BCUT2D eigenvalue weighted by molar-refractivity contribution is 5.76. The molecule has 0 aromatic heterocycles. The van der Waals surface area contributed by atoms with E-state index in [0.29, 0.717) is 6.61 Å². The fraction of sp³-hybridized carbons (Fsp3) is 0.364. The van der Waals surface area contributed by atoms with Gasteiger partial charge in [0.1, 0.15) is 5.75 Å². The second-order valence-corrected chi connectivity index (χ2v) is 3.43. The smallest absolute Gasteiger partial charge is 0.223 e. The molecule has 76 valence electrons. The average molecular weight is 193 g/mol. The summed E-state index contributed by atoms with van der Waals surface area (Å²) in [4.78, 5) is 10.7. The molecule has 0 fully saturated rings. The Morgan fingerprint density at radius 1 is 1.57 bits per heavy atom. The predicted octanol–water partition coefficient (Wildman–Crippen LogP) is 1.50. The van der Waals surface area contributed by atoms with Crippen LogP contribution >= 0.6 is 0 Å². The number of rotatable bonds is 4. The molecule has 0 aliphatic rings. The van der Waals surface area contributed by atoms with E-state index in [2.05, 4.69) is 0 Å².